The molecule has 2 aliphatic rings. The average Bonchev–Trinajstić information content (AvgIpc) is 2.77. The van der Waals surface area contributed by atoms with Crippen molar-refractivity contribution < 1.29 is 5.11 Å². The van der Waals surface area contributed by atoms with E-state index in [-0.39, 0.29) is 6.10 Å². The van der Waals surface area contributed by atoms with Gasteiger partial charge in [-0.2, -0.15) is 0 Å². The molecule has 2 bridgehead atoms. The maximum absolute atomic E-state index is 9.70. The second kappa shape index (κ2) is 3.65. The fraction of sp³-hybridized carbons (Fsp3) is 0.667. The van der Waals surface area contributed by atoms with Gasteiger partial charge in [-0.3, -0.25) is 4.90 Å². The van der Waals surface area contributed by atoms with Crippen LogP contribution in [0.2, 0.25) is 0 Å². The van der Waals surface area contributed by atoms with E-state index in [1.54, 1.807) is 0 Å². The minimum absolute atomic E-state index is 0.0509. The van der Waals surface area contributed by atoms with Crippen LogP contribution in [0.15, 0.2) is 18.5 Å². The van der Waals surface area contributed by atoms with Gasteiger partial charge < -0.3 is 10.1 Å². The molecule has 0 radical (unpaired) electrons. The lowest BCUT2D eigenvalue weighted by Gasteiger charge is -2.36. The zero-order valence-corrected chi connectivity index (χ0v) is 8.89. The Labute approximate surface area is 90.1 Å². The Morgan fingerprint density at radius 2 is 2.07 bits per heavy atom. The molecule has 0 spiro atoms. The van der Waals surface area contributed by atoms with E-state index >= 15 is 0 Å². The summed E-state index contributed by atoms with van der Waals surface area (Å²) in [7, 11) is 0. The van der Waals surface area contributed by atoms with Crippen LogP contribution in [0.4, 0.5) is 0 Å². The summed E-state index contributed by atoms with van der Waals surface area (Å²) in [4.78, 5) is 5.68. The molecule has 0 aliphatic carbocycles. The number of H-pyrrole nitrogens is 1. The molecule has 2 unspecified atom stereocenters. The first-order chi connectivity index (χ1) is 7.33. The van der Waals surface area contributed by atoms with Crippen molar-refractivity contribution >= 4 is 0 Å². The highest BCUT2D eigenvalue weighted by atomic mass is 16.3. The number of aromatic nitrogens is 1. The number of rotatable bonds is 2. The summed E-state index contributed by atoms with van der Waals surface area (Å²) in [6.07, 6.45) is 8.49. The highest BCUT2D eigenvalue weighted by Crippen LogP contribution is 2.36. The molecule has 3 heteroatoms. The predicted octanol–water partition coefficient (Wildman–Crippen LogP) is 1.50. The molecule has 82 valence electrons. The summed E-state index contributed by atoms with van der Waals surface area (Å²) in [5, 5.41) is 9.70. The largest absolute Gasteiger partial charge is 0.393 e. The van der Waals surface area contributed by atoms with Crippen LogP contribution in [0.1, 0.15) is 31.2 Å². The zero-order valence-electron chi connectivity index (χ0n) is 8.89. The highest BCUT2D eigenvalue weighted by molar-refractivity contribution is 5.10. The van der Waals surface area contributed by atoms with Gasteiger partial charge in [0.1, 0.15) is 0 Å². The monoisotopic (exact) mass is 206 g/mol. The average molecular weight is 206 g/mol. The number of hydrogen-bond acceptors (Lipinski definition) is 2. The second-order valence-electron chi connectivity index (χ2n) is 4.90. The van der Waals surface area contributed by atoms with E-state index in [1.807, 2.05) is 6.20 Å². The fourth-order valence-corrected chi connectivity index (χ4v) is 3.17. The third-order valence-corrected chi connectivity index (χ3v) is 3.89. The molecule has 1 aromatic heterocycles. The van der Waals surface area contributed by atoms with Crippen molar-refractivity contribution in [2.45, 2.75) is 50.4 Å². The van der Waals surface area contributed by atoms with E-state index in [1.165, 1.54) is 18.4 Å². The molecule has 3 nitrogen and oxygen atoms in total. The van der Waals surface area contributed by atoms with Crippen LogP contribution in [0.25, 0.3) is 0 Å². The molecule has 2 saturated heterocycles. The van der Waals surface area contributed by atoms with Crippen LogP contribution in [0.5, 0.6) is 0 Å². The smallest absolute Gasteiger partial charge is 0.0570 e. The maximum atomic E-state index is 9.70. The molecule has 2 fully saturated rings. The summed E-state index contributed by atoms with van der Waals surface area (Å²) < 4.78 is 0. The molecule has 15 heavy (non-hydrogen) atoms. The number of hydrogen-bond donors (Lipinski definition) is 2. The molecule has 2 aliphatic heterocycles. The van der Waals surface area contributed by atoms with Crippen LogP contribution in [-0.2, 0) is 6.54 Å². The van der Waals surface area contributed by atoms with Gasteiger partial charge >= 0.3 is 0 Å². The summed E-state index contributed by atoms with van der Waals surface area (Å²) in [5.41, 5.74) is 1.36. The van der Waals surface area contributed by atoms with E-state index in [9.17, 15) is 5.11 Å². The Morgan fingerprint density at radius 3 is 2.67 bits per heavy atom. The Kier molecular flexibility index (Phi) is 2.29. The van der Waals surface area contributed by atoms with E-state index in [0.29, 0.717) is 12.1 Å². The van der Waals surface area contributed by atoms with Crippen molar-refractivity contribution in [1.82, 2.24) is 9.88 Å². The van der Waals surface area contributed by atoms with E-state index in [4.69, 9.17) is 0 Å². The zero-order chi connectivity index (χ0) is 10.3. The fourth-order valence-electron chi connectivity index (χ4n) is 3.17. The van der Waals surface area contributed by atoms with Crippen LogP contribution in [0.3, 0.4) is 0 Å². The lowest BCUT2D eigenvalue weighted by atomic mass is 9.99. The number of nitrogens with zero attached hydrogens (tertiary/aromatic N) is 1. The molecule has 0 aromatic carbocycles. The first-order valence-corrected chi connectivity index (χ1v) is 5.88. The number of aromatic amines is 1. The standard InChI is InChI=1S/C12H18N2O/c15-12-5-10-1-2-11(6-12)14(10)8-9-3-4-13-7-9/h3-4,7,10-13,15H,1-2,5-6,8H2. The number of aliphatic hydroxyl groups is 1. The van der Waals surface area contributed by atoms with Crippen molar-refractivity contribution in [2.75, 3.05) is 0 Å². The maximum Gasteiger partial charge on any atom is 0.0570 e. The molecule has 2 atom stereocenters. The number of piperidine rings is 1. The SMILES string of the molecule is OC1CC2CCC(C1)N2Cc1cc[nH]c1. The third-order valence-electron chi connectivity index (χ3n) is 3.89. The van der Waals surface area contributed by atoms with Crippen molar-refractivity contribution in [2.24, 2.45) is 0 Å². The summed E-state index contributed by atoms with van der Waals surface area (Å²) in [6, 6.07) is 3.38. The van der Waals surface area contributed by atoms with Crippen LogP contribution in [-0.4, -0.2) is 33.2 Å². The van der Waals surface area contributed by atoms with Crippen LogP contribution in [0, 0.1) is 0 Å². The molecule has 0 amide bonds. The predicted molar refractivity (Wildman–Crippen MR) is 58.4 cm³/mol. The Bertz CT molecular complexity index is 308. The highest BCUT2D eigenvalue weighted by Gasteiger charge is 2.39. The number of fused-ring (bicyclic) bond motifs is 2. The Balaban J connectivity index is 1.72. The van der Waals surface area contributed by atoms with Crippen molar-refractivity contribution in [3.8, 4) is 0 Å². The normalized spacial score (nSPS) is 35.9. The van der Waals surface area contributed by atoms with Gasteiger partial charge in [-0.05, 0) is 37.3 Å². The van der Waals surface area contributed by atoms with Gasteiger partial charge in [0.05, 0.1) is 6.10 Å². The Hall–Kier alpha value is -0.800. The minimum atomic E-state index is -0.0509. The quantitative estimate of drug-likeness (QED) is 0.769. The van der Waals surface area contributed by atoms with E-state index in [0.717, 1.165) is 19.4 Å². The van der Waals surface area contributed by atoms with Gasteiger partial charge in [0, 0.05) is 31.0 Å². The van der Waals surface area contributed by atoms with E-state index < -0.39 is 0 Å². The van der Waals surface area contributed by atoms with Crippen LogP contribution < -0.4 is 0 Å². The molecular formula is C12H18N2O. The van der Waals surface area contributed by atoms with Crippen molar-refractivity contribution in [3.63, 3.8) is 0 Å². The molecule has 0 saturated carbocycles. The first kappa shape index (κ1) is 9.43. The molecule has 1 aromatic rings. The first-order valence-electron chi connectivity index (χ1n) is 5.88. The van der Waals surface area contributed by atoms with Gasteiger partial charge in [-0.1, -0.05) is 0 Å². The molecule has 3 heterocycles. The van der Waals surface area contributed by atoms with Gasteiger partial charge in [-0.15, -0.1) is 0 Å². The van der Waals surface area contributed by atoms with Crippen molar-refractivity contribution in [3.05, 3.63) is 24.0 Å². The van der Waals surface area contributed by atoms with Gasteiger partial charge in [0.25, 0.3) is 0 Å². The summed E-state index contributed by atoms with van der Waals surface area (Å²) in [5.74, 6) is 0. The lowest BCUT2D eigenvalue weighted by molar-refractivity contribution is 0.0310. The summed E-state index contributed by atoms with van der Waals surface area (Å²) >= 11 is 0. The van der Waals surface area contributed by atoms with Crippen LogP contribution >= 0.6 is 0 Å². The lowest BCUT2D eigenvalue weighted by Crippen LogP contribution is -2.43. The molecule has 3 rings (SSSR count). The van der Waals surface area contributed by atoms with E-state index in [2.05, 4.69) is 22.1 Å². The number of aliphatic hydroxyl groups excluding tert-OH is 1. The van der Waals surface area contributed by atoms with Gasteiger partial charge in [0.2, 0.25) is 0 Å². The van der Waals surface area contributed by atoms with Gasteiger partial charge in [-0.25, -0.2) is 0 Å². The number of nitrogens with one attached hydrogen (secondary N) is 1. The molecule has 2 N–H and O–H groups in total. The van der Waals surface area contributed by atoms with Gasteiger partial charge in [0.15, 0.2) is 0 Å². The molecular weight excluding hydrogens is 188 g/mol. The summed E-state index contributed by atoms with van der Waals surface area (Å²) in [6.45, 7) is 1.05. The second-order valence-corrected chi connectivity index (χ2v) is 4.90. The topological polar surface area (TPSA) is 39.3 Å². The Morgan fingerprint density at radius 1 is 1.33 bits per heavy atom. The third kappa shape index (κ3) is 1.70. The van der Waals surface area contributed by atoms with Crippen molar-refractivity contribution in [1.29, 1.82) is 0 Å². The minimum Gasteiger partial charge on any atom is -0.393 e.